The van der Waals surface area contributed by atoms with E-state index in [1.807, 2.05) is 63.2 Å². The Bertz CT molecular complexity index is 1090. The topological polar surface area (TPSA) is 95.0 Å². The lowest BCUT2D eigenvalue weighted by molar-refractivity contribution is -0.114. The third-order valence-corrected chi connectivity index (χ3v) is 5.72. The Morgan fingerprint density at radius 1 is 1.21 bits per heavy atom. The first kappa shape index (κ1) is 19.2. The number of aromatic amines is 1. The lowest BCUT2D eigenvalue weighted by Gasteiger charge is -2.29. The smallest absolute Gasteiger partial charge is 0.265 e. The Hall–Kier alpha value is -3.13. The lowest BCUT2D eigenvalue weighted by atomic mass is 9.85. The summed E-state index contributed by atoms with van der Waals surface area (Å²) in [7, 11) is 0. The van der Waals surface area contributed by atoms with Gasteiger partial charge in [0.15, 0.2) is 5.82 Å². The van der Waals surface area contributed by atoms with Crippen LogP contribution in [0.25, 0.3) is 6.08 Å². The molecule has 1 aliphatic heterocycles. The number of aromatic nitrogens is 4. The van der Waals surface area contributed by atoms with Crippen LogP contribution in [0.4, 0.5) is 5.69 Å². The number of H-pyrrole nitrogens is 1. The number of carbonyl (C=O) groups is 1. The maximum absolute atomic E-state index is 13.3. The molecule has 0 aliphatic carbocycles. The van der Waals surface area contributed by atoms with Gasteiger partial charge in [-0.05, 0) is 46.9 Å². The summed E-state index contributed by atoms with van der Waals surface area (Å²) < 4.78 is 0. The van der Waals surface area contributed by atoms with Crippen LogP contribution in [-0.2, 0) is 16.8 Å². The fraction of sp³-hybridized carbons (Fsp3) is 0.238. The van der Waals surface area contributed by atoms with Crippen LogP contribution in [0.3, 0.4) is 0 Å². The molecule has 0 radical (unpaired) electrons. The largest absolute Gasteiger partial charge is 0.508 e. The number of phenolic OH excluding ortho intramolecular Hbond substituents is 1. The third-order valence-electron chi connectivity index (χ3n) is 4.65. The van der Waals surface area contributed by atoms with Gasteiger partial charge in [-0.3, -0.25) is 9.69 Å². The van der Waals surface area contributed by atoms with E-state index >= 15 is 0 Å². The summed E-state index contributed by atoms with van der Waals surface area (Å²) >= 11 is 1.44. The monoisotopic (exact) mass is 407 g/mol. The molecule has 0 fully saturated rings. The zero-order chi connectivity index (χ0) is 20.6. The van der Waals surface area contributed by atoms with Crippen LogP contribution in [-0.4, -0.2) is 31.6 Å². The molecule has 2 N–H and O–H groups in total. The summed E-state index contributed by atoms with van der Waals surface area (Å²) in [5.41, 5.74) is 2.32. The highest BCUT2D eigenvalue weighted by molar-refractivity contribution is 8.04. The first-order valence-electron chi connectivity index (χ1n) is 9.19. The fourth-order valence-electron chi connectivity index (χ4n) is 3.21. The second-order valence-corrected chi connectivity index (χ2v) is 8.91. The van der Waals surface area contributed by atoms with Crippen molar-refractivity contribution in [1.82, 2.24) is 20.6 Å². The van der Waals surface area contributed by atoms with Gasteiger partial charge in [0.2, 0.25) is 0 Å². The predicted octanol–water partition coefficient (Wildman–Crippen LogP) is 3.88. The van der Waals surface area contributed by atoms with E-state index in [2.05, 4.69) is 20.6 Å². The molecule has 0 saturated heterocycles. The average Bonchev–Trinajstić information content (AvgIpc) is 3.19. The van der Waals surface area contributed by atoms with E-state index in [4.69, 9.17) is 0 Å². The maximum atomic E-state index is 13.3. The predicted molar refractivity (Wildman–Crippen MR) is 112 cm³/mol. The van der Waals surface area contributed by atoms with Crippen molar-refractivity contribution in [3.05, 3.63) is 64.3 Å². The van der Waals surface area contributed by atoms with Gasteiger partial charge in [-0.1, -0.05) is 55.9 Å². The molecule has 148 valence electrons. The number of anilines is 1. The van der Waals surface area contributed by atoms with Crippen LogP contribution in [0, 0.1) is 0 Å². The van der Waals surface area contributed by atoms with E-state index in [1.54, 1.807) is 11.0 Å². The van der Waals surface area contributed by atoms with E-state index in [1.165, 1.54) is 11.8 Å². The highest BCUT2D eigenvalue weighted by Crippen LogP contribution is 2.43. The Morgan fingerprint density at radius 2 is 2.00 bits per heavy atom. The number of phenols is 1. The number of hydrogen-bond donors (Lipinski definition) is 2. The summed E-state index contributed by atoms with van der Waals surface area (Å²) in [4.78, 5) is 16.5. The van der Waals surface area contributed by atoms with Crippen molar-refractivity contribution in [3.63, 3.8) is 0 Å². The van der Waals surface area contributed by atoms with Gasteiger partial charge >= 0.3 is 0 Å². The van der Waals surface area contributed by atoms with Crippen molar-refractivity contribution in [2.24, 2.45) is 0 Å². The molecule has 0 bridgehead atoms. The van der Waals surface area contributed by atoms with Crippen molar-refractivity contribution >= 4 is 29.4 Å². The van der Waals surface area contributed by atoms with E-state index in [0.29, 0.717) is 10.7 Å². The zero-order valence-corrected chi connectivity index (χ0v) is 17.2. The second-order valence-electron chi connectivity index (χ2n) is 7.82. The number of benzene rings is 2. The number of fused-ring (bicyclic) bond motifs is 1. The highest BCUT2D eigenvalue weighted by Gasteiger charge is 2.30. The quantitative estimate of drug-likeness (QED) is 0.640. The van der Waals surface area contributed by atoms with Crippen molar-refractivity contribution in [2.75, 3.05) is 4.90 Å². The van der Waals surface area contributed by atoms with Crippen LogP contribution in [0.5, 0.6) is 5.75 Å². The fourth-order valence-corrected chi connectivity index (χ4v) is 4.26. The van der Waals surface area contributed by atoms with Crippen LogP contribution < -0.4 is 4.90 Å². The number of amides is 1. The van der Waals surface area contributed by atoms with Gasteiger partial charge in [0, 0.05) is 4.90 Å². The summed E-state index contributed by atoms with van der Waals surface area (Å²) in [6, 6.07) is 13.2. The highest BCUT2D eigenvalue weighted by atomic mass is 32.2. The number of thioether (sulfide) groups is 1. The first-order chi connectivity index (χ1) is 13.8. The number of carbonyl (C=O) groups excluding carboxylic acids is 1. The molecule has 1 aliphatic rings. The van der Waals surface area contributed by atoms with Gasteiger partial charge in [-0.15, -0.1) is 10.2 Å². The van der Waals surface area contributed by atoms with Gasteiger partial charge < -0.3 is 5.11 Å². The van der Waals surface area contributed by atoms with Crippen LogP contribution in [0.2, 0.25) is 0 Å². The molecule has 7 nitrogen and oxygen atoms in total. The summed E-state index contributed by atoms with van der Waals surface area (Å²) in [6.07, 6.45) is 1.86. The molecule has 0 atom stereocenters. The minimum Gasteiger partial charge on any atom is -0.508 e. The van der Waals surface area contributed by atoms with Crippen molar-refractivity contribution < 1.29 is 9.90 Å². The van der Waals surface area contributed by atoms with E-state index < -0.39 is 0 Å². The average molecular weight is 407 g/mol. The number of aromatic hydroxyl groups is 1. The molecule has 3 aromatic rings. The molecule has 2 aromatic carbocycles. The zero-order valence-electron chi connectivity index (χ0n) is 16.4. The third kappa shape index (κ3) is 3.88. The number of nitrogens with one attached hydrogen (secondary N) is 1. The SMILES string of the molecule is CC(C)(C)c1cc(C=C2Sc3ccccc3N(Cc3nn[nH]n3)C2=O)ccc1O. The number of hydrogen-bond acceptors (Lipinski definition) is 6. The molecular weight excluding hydrogens is 386 g/mol. The first-order valence-corrected chi connectivity index (χ1v) is 10.0. The van der Waals surface area contributed by atoms with Crippen molar-refractivity contribution in [2.45, 2.75) is 37.6 Å². The van der Waals surface area contributed by atoms with Gasteiger partial charge in [0.25, 0.3) is 5.91 Å². The number of rotatable bonds is 3. The standard InChI is InChI=1S/C21H21N5O2S/c1-21(2,3)14-10-13(8-9-16(14)27)11-18-20(28)26(12-19-22-24-25-23-19)15-6-4-5-7-17(15)29-18/h4-11,27H,12H2,1-3H3,(H,22,23,24,25). The lowest BCUT2D eigenvalue weighted by Crippen LogP contribution is -2.34. The van der Waals surface area contributed by atoms with Crippen molar-refractivity contribution in [1.29, 1.82) is 0 Å². The Balaban J connectivity index is 1.74. The summed E-state index contributed by atoms with van der Waals surface area (Å²) in [5.74, 6) is 0.578. The molecule has 2 heterocycles. The Morgan fingerprint density at radius 3 is 2.72 bits per heavy atom. The molecule has 1 amide bonds. The van der Waals surface area contributed by atoms with Crippen LogP contribution in [0.1, 0.15) is 37.7 Å². The summed E-state index contributed by atoms with van der Waals surface area (Å²) in [5, 5.41) is 24.2. The van der Waals surface area contributed by atoms with Crippen LogP contribution in [0.15, 0.2) is 52.3 Å². The van der Waals surface area contributed by atoms with Gasteiger partial charge in [-0.25, -0.2) is 0 Å². The minimum absolute atomic E-state index is 0.121. The van der Waals surface area contributed by atoms with E-state index in [9.17, 15) is 9.90 Å². The van der Waals surface area contributed by atoms with Gasteiger partial charge in [-0.2, -0.15) is 5.21 Å². The number of tetrazole rings is 1. The number of para-hydroxylation sites is 1. The Labute approximate surface area is 172 Å². The number of nitrogens with zero attached hydrogens (tertiary/aromatic N) is 4. The minimum atomic E-state index is -0.209. The van der Waals surface area contributed by atoms with E-state index in [-0.39, 0.29) is 23.6 Å². The molecule has 0 spiro atoms. The molecular formula is C21H21N5O2S. The Kier molecular flexibility index (Phi) is 4.87. The molecule has 8 heteroatoms. The molecule has 29 heavy (non-hydrogen) atoms. The second kappa shape index (κ2) is 7.36. The van der Waals surface area contributed by atoms with Crippen molar-refractivity contribution in [3.8, 4) is 5.75 Å². The molecule has 4 rings (SSSR count). The van der Waals surface area contributed by atoms with Gasteiger partial charge in [0.1, 0.15) is 5.75 Å². The summed E-state index contributed by atoms with van der Waals surface area (Å²) in [6.45, 7) is 6.36. The van der Waals surface area contributed by atoms with E-state index in [0.717, 1.165) is 21.7 Å². The van der Waals surface area contributed by atoms with Gasteiger partial charge in [0.05, 0.1) is 17.1 Å². The molecule has 0 unspecified atom stereocenters. The normalized spacial score (nSPS) is 15.6. The molecule has 1 aromatic heterocycles. The maximum Gasteiger partial charge on any atom is 0.265 e. The van der Waals surface area contributed by atoms with Crippen LogP contribution >= 0.6 is 11.8 Å². The molecule has 0 saturated carbocycles.